The Morgan fingerprint density at radius 1 is 1.65 bits per heavy atom. The topological polar surface area (TPSA) is 56.1 Å². The van der Waals surface area contributed by atoms with Gasteiger partial charge in [-0.15, -0.1) is 0 Å². The summed E-state index contributed by atoms with van der Waals surface area (Å²) in [5.74, 6) is 0.0940. The van der Waals surface area contributed by atoms with Gasteiger partial charge in [-0.1, -0.05) is 13.8 Å². The average Bonchev–Trinajstić information content (AvgIpc) is 2.72. The van der Waals surface area contributed by atoms with Gasteiger partial charge >= 0.3 is 0 Å². The number of carbonyl (C=O) groups is 1. The lowest BCUT2D eigenvalue weighted by molar-refractivity contribution is -0.116. The summed E-state index contributed by atoms with van der Waals surface area (Å²) in [6.45, 7) is 5.18. The fourth-order valence-corrected chi connectivity index (χ4v) is 1.32. The van der Waals surface area contributed by atoms with Crippen LogP contribution in [0, 0.1) is 5.92 Å². The molecule has 1 atom stereocenters. The van der Waals surface area contributed by atoms with Crippen LogP contribution in [0.2, 0.25) is 0 Å². The number of amides is 1. The van der Waals surface area contributed by atoms with E-state index < -0.39 is 0 Å². The zero-order valence-electron chi connectivity index (χ0n) is 10.4. The van der Waals surface area contributed by atoms with Gasteiger partial charge < -0.3 is 10.1 Å². The molecule has 1 rings (SSSR count). The Labute approximate surface area is 107 Å². The number of nitrogens with zero attached hydrogens (tertiary/aromatic N) is 2. The smallest absolute Gasteiger partial charge is 0.237 e. The molecule has 96 valence electrons. The van der Waals surface area contributed by atoms with Gasteiger partial charge in [-0.3, -0.25) is 9.48 Å². The van der Waals surface area contributed by atoms with Gasteiger partial charge in [0, 0.05) is 13.3 Å². The molecule has 17 heavy (non-hydrogen) atoms. The van der Waals surface area contributed by atoms with Crippen LogP contribution in [0.5, 0.6) is 0 Å². The standard InChI is InChI=1S/C11H19N3O2S/c1-8(2)10(17)11(15)13-9-6-12-14(7-9)4-5-16-3/h6-8,10,17H,4-5H2,1-3H3,(H,13,15). The van der Waals surface area contributed by atoms with Gasteiger partial charge in [-0.2, -0.15) is 17.7 Å². The van der Waals surface area contributed by atoms with Gasteiger partial charge in [-0.05, 0) is 5.92 Å². The van der Waals surface area contributed by atoms with Crippen LogP contribution in [-0.4, -0.2) is 34.7 Å². The second-order valence-electron chi connectivity index (χ2n) is 4.16. The maximum absolute atomic E-state index is 11.7. The molecule has 1 aromatic heterocycles. The van der Waals surface area contributed by atoms with Crippen molar-refractivity contribution in [1.82, 2.24) is 9.78 Å². The molecule has 1 heterocycles. The van der Waals surface area contributed by atoms with Gasteiger partial charge in [0.25, 0.3) is 0 Å². The first-order valence-corrected chi connectivity index (χ1v) is 6.06. The molecule has 0 radical (unpaired) electrons. The molecule has 0 aliphatic carbocycles. The predicted molar refractivity (Wildman–Crippen MR) is 70.3 cm³/mol. The SMILES string of the molecule is COCCn1cc(NC(=O)C(S)C(C)C)cn1. The van der Waals surface area contributed by atoms with Gasteiger partial charge in [0.05, 0.1) is 30.3 Å². The van der Waals surface area contributed by atoms with E-state index in [-0.39, 0.29) is 17.1 Å². The molecule has 1 aromatic rings. The first-order valence-electron chi connectivity index (χ1n) is 5.55. The fraction of sp³-hybridized carbons (Fsp3) is 0.636. The van der Waals surface area contributed by atoms with Crippen molar-refractivity contribution in [1.29, 1.82) is 0 Å². The molecular formula is C11H19N3O2S. The first kappa shape index (κ1) is 14.1. The molecule has 0 saturated carbocycles. The number of nitrogens with one attached hydrogen (secondary N) is 1. The van der Waals surface area contributed by atoms with E-state index in [2.05, 4.69) is 23.0 Å². The van der Waals surface area contributed by atoms with Gasteiger partial charge in [0.1, 0.15) is 0 Å². The number of methoxy groups -OCH3 is 1. The van der Waals surface area contributed by atoms with Crippen LogP contribution in [0.4, 0.5) is 5.69 Å². The lowest BCUT2D eigenvalue weighted by Gasteiger charge is -2.13. The Bertz CT molecular complexity index is 365. The number of ether oxygens (including phenoxy) is 1. The summed E-state index contributed by atoms with van der Waals surface area (Å²) < 4.78 is 6.67. The Kier molecular flexibility index (Phi) is 5.50. The highest BCUT2D eigenvalue weighted by atomic mass is 32.1. The number of carbonyl (C=O) groups excluding carboxylic acids is 1. The van der Waals surface area contributed by atoms with E-state index in [4.69, 9.17) is 4.74 Å². The summed E-state index contributed by atoms with van der Waals surface area (Å²) in [7, 11) is 1.64. The van der Waals surface area contributed by atoms with Gasteiger partial charge in [0.15, 0.2) is 0 Å². The number of aromatic nitrogens is 2. The minimum Gasteiger partial charge on any atom is -0.383 e. The molecule has 1 unspecified atom stereocenters. The highest BCUT2D eigenvalue weighted by molar-refractivity contribution is 7.81. The van der Waals surface area contributed by atoms with Crippen LogP contribution in [0.3, 0.4) is 0 Å². The molecule has 0 aliphatic heterocycles. The molecule has 0 fully saturated rings. The number of anilines is 1. The summed E-state index contributed by atoms with van der Waals surface area (Å²) in [5.41, 5.74) is 0.686. The summed E-state index contributed by atoms with van der Waals surface area (Å²) >= 11 is 4.25. The van der Waals surface area contributed by atoms with E-state index in [0.29, 0.717) is 18.8 Å². The molecule has 0 saturated heterocycles. The second kappa shape index (κ2) is 6.66. The zero-order valence-corrected chi connectivity index (χ0v) is 11.3. The molecule has 0 aliphatic rings. The van der Waals surface area contributed by atoms with E-state index in [9.17, 15) is 4.79 Å². The summed E-state index contributed by atoms with van der Waals surface area (Å²) in [4.78, 5) is 11.7. The van der Waals surface area contributed by atoms with Gasteiger partial charge in [-0.25, -0.2) is 0 Å². The lowest BCUT2D eigenvalue weighted by Crippen LogP contribution is -2.27. The van der Waals surface area contributed by atoms with Crippen molar-refractivity contribution in [3.05, 3.63) is 12.4 Å². The Balaban J connectivity index is 2.51. The van der Waals surface area contributed by atoms with E-state index in [1.807, 2.05) is 13.8 Å². The minimum absolute atomic E-state index is 0.102. The number of hydrogen-bond acceptors (Lipinski definition) is 4. The van der Waals surface area contributed by atoms with E-state index >= 15 is 0 Å². The molecule has 0 aromatic carbocycles. The molecule has 5 nitrogen and oxygen atoms in total. The lowest BCUT2D eigenvalue weighted by atomic mass is 10.1. The van der Waals surface area contributed by atoms with Crippen molar-refractivity contribution in [2.45, 2.75) is 25.6 Å². The normalized spacial score (nSPS) is 12.8. The molecule has 1 amide bonds. The minimum atomic E-state index is -0.308. The summed E-state index contributed by atoms with van der Waals surface area (Å²) in [6, 6.07) is 0. The third-order valence-electron chi connectivity index (χ3n) is 2.33. The van der Waals surface area contributed by atoms with Crippen molar-refractivity contribution in [3.63, 3.8) is 0 Å². The largest absolute Gasteiger partial charge is 0.383 e. The summed E-state index contributed by atoms with van der Waals surface area (Å²) in [6.07, 6.45) is 3.39. The van der Waals surface area contributed by atoms with Crippen LogP contribution >= 0.6 is 12.6 Å². The predicted octanol–water partition coefficient (Wildman–Crippen LogP) is 1.42. The third kappa shape index (κ3) is 4.40. The van der Waals surface area contributed by atoms with Crippen LogP contribution in [0.15, 0.2) is 12.4 Å². The van der Waals surface area contributed by atoms with Crippen molar-refractivity contribution < 1.29 is 9.53 Å². The zero-order chi connectivity index (χ0) is 12.8. The molecule has 1 N–H and O–H groups in total. The molecule has 6 heteroatoms. The average molecular weight is 257 g/mol. The summed E-state index contributed by atoms with van der Waals surface area (Å²) in [5, 5.41) is 6.58. The molecular weight excluding hydrogens is 238 g/mol. The van der Waals surface area contributed by atoms with Crippen molar-refractivity contribution >= 4 is 24.2 Å². The van der Waals surface area contributed by atoms with Crippen LogP contribution in [0.1, 0.15) is 13.8 Å². The number of rotatable bonds is 6. The van der Waals surface area contributed by atoms with E-state index in [1.165, 1.54) is 0 Å². The monoisotopic (exact) mass is 257 g/mol. The number of thiol groups is 1. The molecule has 0 bridgehead atoms. The van der Waals surface area contributed by atoms with Gasteiger partial charge in [0.2, 0.25) is 5.91 Å². The number of hydrogen-bond donors (Lipinski definition) is 2. The Morgan fingerprint density at radius 2 is 2.35 bits per heavy atom. The van der Waals surface area contributed by atoms with Crippen LogP contribution in [0.25, 0.3) is 0 Å². The maximum atomic E-state index is 11.7. The molecule has 0 spiro atoms. The van der Waals surface area contributed by atoms with Crippen LogP contribution < -0.4 is 5.32 Å². The Morgan fingerprint density at radius 3 is 2.94 bits per heavy atom. The van der Waals surface area contributed by atoms with Crippen molar-refractivity contribution in [2.75, 3.05) is 19.0 Å². The third-order valence-corrected chi connectivity index (χ3v) is 3.16. The second-order valence-corrected chi connectivity index (χ2v) is 4.72. The van der Waals surface area contributed by atoms with Crippen molar-refractivity contribution in [3.8, 4) is 0 Å². The highest BCUT2D eigenvalue weighted by Crippen LogP contribution is 2.12. The quantitative estimate of drug-likeness (QED) is 0.758. The van der Waals surface area contributed by atoms with Crippen LogP contribution in [-0.2, 0) is 16.1 Å². The fourth-order valence-electron chi connectivity index (χ4n) is 1.25. The Hall–Kier alpha value is -1.01. The van der Waals surface area contributed by atoms with Crippen molar-refractivity contribution in [2.24, 2.45) is 5.92 Å². The highest BCUT2D eigenvalue weighted by Gasteiger charge is 2.17. The maximum Gasteiger partial charge on any atom is 0.237 e. The van der Waals surface area contributed by atoms with E-state index in [0.717, 1.165) is 0 Å². The van der Waals surface area contributed by atoms with E-state index in [1.54, 1.807) is 24.2 Å². The first-order chi connectivity index (χ1) is 8.04.